The van der Waals surface area contributed by atoms with E-state index in [-0.39, 0.29) is 11.7 Å². The maximum atomic E-state index is 15.0. The number of amides is 1. The van der Waals surface area contributed by atoms with Crippen molar-refractivity contribution in [1.29, 1.82) is 0 Å². The van der Waals surface area contributed by atoms with Gasteiger partial charge in [0.25, 0.3) is 5.91 Å². The molecule has 8 heteroatoms. The zero-order valence-corrected chi connectivity index (χ0v) is 21.5. The molecule has 2 N–H and O–H groups in total. The minimum absolute atomic E-state index is 0.117. The van der Waals surface area contributed by atoms with Gasteiger partial charge in [0.2, 0.25) is 0 Å². The average Bonchev–Trinajstić information content (AvgIpc) is 3.30. The molecule has 0 saturated carbocycles. The third kappa shape index (κ3) is 5.02. The number of nitrogens with one attached hydrogen (secondary N) is 2. The van der Waals surface area contributed by atoms with E-state index < -0.39 is 5.82 Å². The number of methoxy groups -OCH3 is 2. The van der Waals surface area contributed by atoms with Crippen molar-refractivity contribution >= 4 is 17.4 Å². The summed E-state index contributed by atoms with van der Waals surface area (Å²) in [6.07, 6.45) is 0. The molecule has 2 aliphatic heterocycles. The van der Waals surface area contributed by atoms with Crippen molar-refractivity contribution in [2.24, 2.45) is 4.99 Å². The number of ether oxygens (including phenoxy) is 2. The summed E-state index contributed by atoms with van der Waals surface area (Å²) in [6.45, 7) is 6.62. The van der Waals surface area contributed by atoms with Crippen LogP contribution < -0.4 is 25.0 Å². The van der Waals surface area contributed by atoms with Gasteiger partial charge in [-0.25, -0.2) is 4.39 Å². The number of rotatable bonds is 5. The molecule has 192 valence electrons. The van der Waals surface area contributed by atoms with Crippen molar-refractivity contribution in [3.8, 4) is 22.6 Å². The summed E-state index contributed by atoms with van der Waals surface area (Å²) < 4.78 is 25.4. The van der Waals surface area contributed by atoms with E-state index in [1.54, 1.807) is 6.07 Å². The zero-order valence-electron chi connectivity index (χ0n) is 21.5. The van der Waals surface area contributed by atoms with Crippen LogP contribution in [0.2, 0.25) is 0 Å². The summed E-state index contributed by atoms with van der Waals surface area (Å²) in [5.41, 5.74) is 4.47. The van der Waals surface area contributed by atoms with E-state index in [0.717, 1.165) is 29.9 Å². The van der Waals surface area contributed by atoms with Gasteiger partial charge < -0.3 is 25.0 Å². The van der Waals surface area contributed by atoms with E-state index >= 15 is 0 Å². The lowest BCUT2D eigenvalue weighted by atomic mass is 9.98. The van der Waals surface area contributed by atoms with Gasteiger partial charge in [0, 0.05) is 53.6 Å². The van der Waals surface area contributed by atoms with Crippen molar-refractivity contribution in [3.63, 3.8) is 0 Å². The molecular weight excluding hydrogens is 471 g/mol. The maximum absolute atomic E-state index is 15.0. The molecule has 7 nitrogen and oxygen atoms in total. The molecule has 1 amide bonds. The predicted octanol–water partition coefficient (Wildman–Crippen LogP) is 4.39. The van der Waals surface area contributed by atoms with Crippen LogP contribution in [0, 0.1) is 5.82 Å². The number of amidine groups is 1. The van der Waals surface area contributed by atoms with E-state index in [1.165, 1.54) is 20.3 Å². The molecule has 0 aliphatic carbocycles. The van der Waals surface area contributed by atoms with Crippen LogP contribution in [0.25, 0.3) is 11.1 Å². The lowest BCUT2D eigenvalue weighted by Crippen LogP contribution is -2.54. The minimum atomic E-state index is -0.455. The molecule has 2 heterocycles. The molecule has 0 radical (unpaired) electrons. The van der Waals surface area contributed by atoms with Crippen LogP contribution in [0.15, 0.2) is 59.6 Å². The second-order valence-electron chi connectivity index (χ2n) is 9.60. The van der Waals surface area contributed by atoms with Crippen molar-refractivity contribution in [1.82, 2.24) is 10.6 Å². The Balaban J connectivity index is 1.31. The summed E-state index contributed by atoms with van der Waals surface area (Å²) in [7, 11) is 2.95. The smallest absolute Gasteiger partial charge is 0.256 e. The van der Waals surface area contributed by atoms with E-state index in [4.69, 9.17) is 9.47 Å². The first-order chi connectivity index (χ1) is 17.9. The maximum Gasteiger partial charge on any atom is 0.256 e. The second kappa shape index (κ2) is 10.2. The van der Waals surface area contributed by atoms with Gasteiger partial charge in [-0.05, 0) is 61.4 Å². The largest absolute Gasteiger partial charge is 0.497 e. The molecule has 0 aromatic heterocycles. The summed E-state index contributed by atoms with van der Waals surface area (Å²) >= 11 is 0. The monoisotopic (exact) mass is 502 g/mol. The Kier molecular flexibility index (Phi) is 6.84. The molecule has 2 atom stereocenters. The fraction of sp³-hybridized carbons (Fsp3) is 0.310. The fourth-order valence-electron chi connectivity index (χ4n) is 5.07. The number of benzene rings is 3. The Labute approximate surface area is 216 Å². The SMILES string of the molecule is COc1cc(OC)c(F)c(-c2ccc3c(c2)CN=C3NC(=O)c2ccc(N3C[C@@H](C)N[C@@H](C)C3)cc2)c1. The Hall–Kier alpha value is -3.91. The topological polar surface area (TPSA) is 75.2 Å². The Morgan fingerprint density at radius 1 is 1.00 bits per heavy atom. The van der Waals surface area contributed by atoms with Crippen molar-refractivity contribution < 1.29 is 18.7 Å². The molecule has 2 aliphatic rings. The first-order valence-corrected chi connectivity index (χ1v) is 12.4. The normalized spacial score (nSPS) is 18.7. The van der Waals surface area contributed by atoms with Crippen molar-refractivity contribution in [2.45, 2.75) is 32.5 Å². The predicted molar refractivity (Wildman–Crippen MR) is 143 cm³/mol. The lowest BCUT2D eigenvalue weighted by Gasteiger charge is -2.37. The first-order valence-electron chi connectivity index (χ1n) is 12.4. The number of aliphatic imine (C=N–C) groups is 1. The van der Waals surface area contributed by atoms with Gasteiger partial charge in [0.15, 0.2) is 11.6 Å². The molecule has 1 fully saturated rings. The number of hydrogen-bond donors (Lipinski definition) is 2. The number of fused-ring (bicyclic) bond motifs is 1. The van der Waals surface area contributed by atoms with E-state index in [9.17, 15) is 9.18 Å². The number of halogens is 1. The summed E-state index contributed by atoms with van der Waals surface area (Å²) in [5, 5.41) is 6.48. The first kappa shape index (κ1) is 24.8. The Morgan fingerprint density at radius 3 is 2.41 bits per heavy atom. The lowest BCUT2D eigenvalue weighted by molar-refractivity contribution is 0.0977. The zero-order chi connectivity index (χ0) is 26.1. The number of carbonyl (C=O) groups is 1. The highest BCUT2D eigenvalue weighted by molar-refractivity contribution is 6.14. The molecule has 37 heavy (non-hydrogen) atoms. The molecular formula is C29H31FN4O3. The Morgan fingerprint density at radius 2 is 1.73 bits per heavy atom. The summed E-state index contributed by atoms with van der Waals surface area (Å²) in [5.74, 6) is 0.469. The average molecular weight is 503 g/mol. The minimum Gasteiger partial charge on any atom is -0.497 e. The summed E-state index contributed by atoms with van der Waals surface area (Å²) in [4.78, 5) is 19.8. The highest BCUT2D eigenvalue weighted by Gasteiger charge is 2.23. The molecule has 0 bridgehead atoms. The van der Waals surface area contributed by atoms with Crippen LogP contribution in [-0.4, -0.2) is 51.1 Å². The molecule has 5 rings (SSSR count). The molecule has 3 aromatic carbocycles. The summed E-state index contributed by atoms with van der Waals surface area (Å²) in [6, 6.07) is 17.2. The van der Waals surface area contributed by atoms with Crippen LogP contribution in [0.1, 0.15) is 35.3 Å². The van der Waals surface area contributed by atoms with Crippen molar-refractivity contribution in [3.05, 3.63) is 77.1 Å². The number of carbonyl (C=O) groups excluding carboxylic acids is 1. The number of piperazine rings is 1. The third-order valence-corrected chi connectivity index (χ3v) is 6.83. The van der Waals surface area contributed by atoms with Crippen LogP contribution in [0.3, 0.4) is 0 Å². The van der Waals surface area contributed by atoms with Crippen LogP contribution >= 0.6 is 0 Å². The fourth-order valence-corrected chi connectivity index (χ4v) is 5.07. The molecule has 0 spiro atoms. The standard InChI is InChI=1S/C29H31FN4O3/c1-17-15-34(16-18(2)32-17)22-8-5-19(6-9-22)29(35)33-28-24-10-7-20(11-21(24)14-31-28)25-12-23(36-3)13-26(37-4)27(25)30/h5-13,17-18,32H,14-16H2,1-4H3,(H,31,33,35)/t17-,18+. The number of anilines is 1. The van der Waals surface area contributed by atoms with Gasteiger partial charge in [-0.3, -0.25) is 9.79 Å². The van der Waals surface area contributed by atoms with E-state index in [2.05, 4.69) is 34.4 Å². The van der Waals surface area contributed by atoms with E-state index in [0.29, 0.717) is 46.9 Å². The highest BCUT2D eigenvalue weighted by Crippen LogP contribution is 2.35. The van der Waals surface area contributed by atoms with Crippen LogP contribution in [0.4, 0.5) is 10.1 Å². The van der Waals surface area contributed by atoms with Gasteiger partial charge in [-0.1, -0.05) is 12.1 Å². The quantitative estimate of drug-likeness (QED) is 0.542. The number of hydrogen-bond acceptors (Lipinski definition) is 6. The van der Waals surface area contributed by atoms with Gasteiger partial charge in [0.05, 0.1) is 20.8 Å². The molecule has 3 aromatic rings. The number of nitrogens with zero attached hydrogens (tertiary/aromatic N) is 2. The van der Waals surface area contributed by atoms with E-state index in [1.807, 2.05) is 42.5 Å². The highest BCUT2D eigenvalue weighted by atomic mass is 19.1. The third-order valence-electron chi connectivity index (χ3n) is 6.83. The second-order valence-corrected chi connectivity index (χ2v) is 9.60. The Bertz CT molecular complexity index is 1350. The van der Waals surface area contributed by atoms with Gasteiger partial charge >= 0.3 is 0 Å². The van der Waals surface area contributed by atoms with Crippen LogP contribution in [-0.2, 0) is 6.54 Å². The van der Waals surface area contributed by atoms with Crippen LogP contribution in [0.5, 0.6) is 11.5 Å². The molecule has 0 unspecified atom stereocenters. The molecule has 1 saturated heterocycles. The van der Waals surface area contributed by atoms with Crippen molar-refractivity contribution in [2.75, 3.05) is 32.2 Å². The van der Waals surface area contributed by atoms with Gasteiger partial charge in [-0.2, -0.15) is 0 Å². The van der Waals surface area contributed by atoms with Gasteiger partial charge in [-0.15, -0.1) is 0 Å². The van der Waals surface area contributed by atoms with Gasteiger partial charge in [0.1, 0.15) is 11.6 Å².